The highest BCUT2D eigenvalue weighted by Gasteiger charge is 1.96. The molecule has 0 aliphatic heterocycles. The van der Waals surface area contributed by atoms with Crippen LogP contribution in [0.5, 0.6) is 0 Å². The number of nitrogens with one attached hydrogen (secondary N) is 3. The molecule has 0 aliphatic carbocycles. The summed E-state index contributed by atoms with van der Waals surface area (Å²) >= 11 is 5.16. The number of nitrogens with zero attached hydrogens (tertiary/aromatic N) is 3. The fourth-order valence-corrected chi connectivity index (χ4v) is 1.55. The molecular formula is C12H22N6S. The Bertz CT molecular complexity index is 356. The molecule has 0 atom stereocenters. The van der Waals surface area contributed by atoms with Crippen molar-refractivity contribution in [2.24, 2.45) is 0 Å². The maximum absolute atomic E-state index is 5.16. The van der Waals surface area contributed by atoms with E-state index < -0.39 is 0 Å². The van der Waals surface area contributed by atoms with Gasteiger partial charge in [-0.05, 0) is 32.4 Å². The summed E-state index contributed by atoms with van der Waals surface area (Å²) in [5, 5.41) is 10.2. The van der Waals surface area contributed by atoms with E-state index in [1.54, 1.807) is 12.4 Å². The smallest absolute Gasteiger partial charge is 0.166 e. The maximum atomic E-state index is 5.16. The molecule has 0 bridgehead atoms. The third-order valence-electron chi connectivity index (χ3n) is 2.33. The van der Waals surface area contributed by atoms with Crippen LogP contribution in [0.1, 0.15) is 5.82 Å². The van der Waals surface area contributed by atoms with Gasteiger partial charge in [-0.15, -0.1) is 0 Å². The van der Waals surface area contributed by atoms with Gasteiger partial charge in [0.15, 0.2) is 5.11 Å². The second-order valence-corrected chi connectivity index (χ2v) is 4.74. The molecule has 1 heterocycles. The van der Waals surface area contributed by atoms with Crippen molar-refractivity contribution in [3.63, 3.8) is 0 Å². The van der Waals surface area contributed by atoms with Crippen molar-refractivity contribution >= 4 is 17.3 Å². The highest BCUT2D eigenvalue weighted by atomic mass is 32.1. The van der Waals surface area contributed by atoms with Crippen molar-refractivity contribution in [2.75, 3.05) is 40.3 Å². The van der Waals surface area contributed by atoms with E-state index in [2.05, 4.69) is 30.8 Å². The first kappa shape index (κ1) is 15.7. The molecule has 106 valence electrons. The molecule has 1 rings (SSSR count). The first-order valence-electron chi connectivity index (χ1n) is 6.31. The van der Waals surface area contributed by atoms with E-state index in [-0.39, 0.29) is 0 Å². The van der Waals surface area contributed by atoms with Crippen molar-refractivity contribution in [3.05, 3.63) is 24.3 Å². The van der Waals surface area contributed by atoms with Gasteiger partial charge in [-0.1, -0.05) is 0 Å². The predicted molar refractivity (Wildman–Crippen MR) is 80.9 cm³/mol. The minimum Gasteiger partial charge on any atom is -0.361 e. The van der Waals surface area contributed by atoms with Gasteiger partial charge < -0.3 is 20.9 Å². The van der Waals surface area contributed by atoms with Crippen LogP contribution in [-0.2, 0) is 6.54 Å². The first-order chi connectivity index (χ1) is 9.18. The fourth-order valence-electron chi connectivity index (χ4n) is 1.34. The van der Waals surface area contributed by atoms with E-state index in [4.69, 9.17) is 12.2 Å². The number of likely N-dealkylation sites (N-methyl/N-ethyl adjacent to an activating group) is 1. The Morgan fingerprint density at radius 2 is 1.84 bits per heavy atom. The van der Waals surface area contributed by atoms with Crippen molar-refractivity contribution < 1.29 is 0 Å². The van der Waals surface area contributed by atoms with Gasteiger partial charge >= 0.3 is 0 Å². The van der Waals surface area contributed by atoms with E-state index in [0.29, 0.717) is 11.7 Å². The molecular weight excluding hydrogens is 260 g/mol. The number of aromatic nitrogens is 2. The standard InChI is InChI=1S/C12H22N6S/c1-18(2)9-8-17-12(19)16-7-6-13-10-11-14-4-3-5-15-11/h3-5,13H,6-10H2,1-2H3,(H2,16,17,19). The summed E-state index contributed by atoms with van der Waals surface area (Å²) in [6.45, 7) is 4.08. The molecule has 3 N–H and O–H groups in total. The first-order valence-corrected chi connectivity index (χ1v) is 6.72. The predicted octanol–water partition coefficient (Wildman–Crippen LogP) is -0.408. The van der Waals surface area contributed by atoms with Crippen molar-refractivity contribution in [1.82, 2.24) is 30.8 Å². The molecule has 19 heavy (non-hydrogen) atoms. The third kappa shape index (κ3) is 8.41. The van der Waals surface area contributed by atoms with Crippen LogP contribution >= 0.6 is 12.2 Å². The van der Waals surface area contributed by atoms with E-state index in [9.17, 15) is 0 Å². The van der Waals surface area contributed by atoms with Gasteiger partial charge in [0.1, 0.15) is 5.82 Å². The van der Waals surface area contributed by atoms with Crippen LogP contribution in [-0.4, -0.2) is 60.3 Å². The van der Waals surface area contributed by atoms with Gasteiger partial charge in [-0.3, -0.25) is 0 Å². The van der Waals surface area contributed by atoms with Crippen molar-refractivity contribution in [1.29, 1.82) is 0 Å². The Labute approximate surface area is 120 Å². The van der Waals surface area contributed by atoms with Crippen molar-refractivity contribution in [3.8, 4) is 0 Å². The van der Waals surface area contributed by atoms with E-state index in [0.717, 1.165) is 32.0 Å². The van der Waals surface area contributed by atoms with Crippen LogP contribution in [0.3, 0.4) is 0 Å². The summed E-state index contributed by atoms with van der Waals surface area (Å²) in [6.07, 6.45) is 3.48. The Morgan fingerprint density at radius 1 is 1.16 bits per heavy atom. The highest BCUT2D eigenvalue weighted by Crippen LogP contribution is 1.84. The molecule has 0 amide bonds. The average molecular weight is 282 g/mol. The van der Waals surface area contributed by atoms with Gasteiger partial charge in [-0.2, -0.15) is 0 Å². The summed E-state index contributed by atoms with van der Waals surface area (Å²) in [5.41, 5.74) is 0. The molecule has 0 aliphatic rings. The van der Waals surface area contributed by atoms with E-state index >= 15 is 0 Å². The highest BCUT2D eigenvalue weighted by molar-refractivity contribution is 7.80. The van der Waals surface area contributed by atoms with Crippen LogP contribution < -0.4 is 16.0 Å². The minimum absolute atomic E-state index is 0.670. The SMILES string of the molecule is CN(C)CCNC(=S)NCCNCc1ncccn1. The van der Waals surface area contributed by atoms with E-state index in [1.807, 2.05) is 20.2 Å². The fraction of sp³-hybridized carbons (Fsp3) is 0.583. The molecule has 7 heteroatoms. The molecule has 0 unspecified atom stereocenters. The zero-order valence-corrected chi connectivity index (χ0v) is 12.3. The quantitative estimate of drug-likeness (QED) is 0.442. The van der Waals surface area contributed by atoms with Gasteiger partial charge in [0, 0.05) is 38.6 Å². The summed E-state index contributed by atoms with van der Waals surface area (Å²) in [6, 6.07) is 1.81. The summed E-state index contributed by atoms with van der Waals surface area (Å²) in [4.78, 5) is 10.4. The van der Waals surface area contributed by atoms with E-state index in [1.165, 1.54) is 0 Å². The molecule has 0 saturated carbocycles. The normalized spacial score (nSPS) is 10.5. The topological polar surface area (TPSA) is 65.1 Å². The number of hydrogen-bond acceptors (Lipinski definition) is 5. The Kier molecular flexibility index (Phi) is 7.95. The lowest BCUT2D eigenvalue weighted by Crippen LogP contribution is -2.41. The molecule has 1 aromatic heterocycles. The largest absolute Gasteiger partial charge is 0.361 e. The second kappa shape index (κ2) is 9.60. The molecule has 0 fully saturated rings. The Hall–Kier alpha value is -1.31. The number of rotatable bonds is 8. The second-order valence-electron chi connectivity index (χ2n) is 4.33. The Morgan fingerprint density at radius 3 is 2.53 bits per heavy atom. The average Bonchev–Trinajstić information content (AvgIpc) is 2.39. The number of thiocarbonyl (C=S) groups is 1. The molecule has 0 saturated heterocycles. The van der Waals surface area contributed by atoms with Gasteiger partial charge in [-0.25, -0.2) is 9.97 Å². The lowest BCUT2D eigenvalue weighted by molar-refractivity contribution is 0.412. The van der Waals surface area contributed by atoms with Crippen LogP contribution in [0.15, 0.2) is 18.5 Å². The van der Waals surface area contributed by atoms with Gasteiger partial charge in [0.25, 0.3) is 0 Å². The van der Waals surface area contributed by atoms with Crippen LogP contribution in [0, 0.1) is 0 Å². The molecule has 0 spiro atoms. The lowest BCUT2D eigenvalue weighted by atomic mass is 10.5. The molecule has 1 aromatic rings. The summed E-state index contributed by atoms with van der Waals surface area (Å²) in [5.74, 6) is 0.800. The Balaban J connectivity index is 1.97. The van der Waals surface area contributed by atoms with Crippen LogP contribution in [0.4, 0.5) is 0 Å². The van der Waals surface area contributed by atoms with Crippen molar-refractivity contribution in [2.45, 2.75) is 6.54 Å². The van der Waals surface area contributed by atoms with Gasteiger partial charge in [0.2, 0.25) is 0 Å². The monoisotopic (exact) mass is 282 g/mol. The summed E-state index contributed by atoms with van der Waals surface area (Å²) < 4.78 is 0. The molecule has 0 aromatic carbocycles. The van der Waals surface area contributed by atoms with Crippen LogP contribution in [0.25, 0.3) is 0 Å². The third-order valence-corrected chi connectivity index (χ3v) is 2.62. The molecule has 0 radical (unpaired) electrons. The zero-order valence-electron chi connectivity index (χ0n) is 11.5. The zero-order chi connectivity index (χ0) is 13.9. The van der Waals surface area contributed by atoms with Gasteiger partial charge in [0.05, 0.1) is 6.54 Å². The van der Waals surface area contributed by atoms with Crippen LogP contribution in [0.2, 0.25) is 0 Å². The minimum atomic E-state index is 0.670. The lowest BCUT2D eigenvalue weighted by Gasteiger charge is -2.13. The maximum Gasteiger partial charge on any atom is 0.166 e. The number of hydrogen-bond donors (Lipinski definition) is 3. The molecule has 6 nitrogen and oxygen atoms in total. The summed E-state index contributed by atoms with van der Waals surface area (Å²) in [7, 11) is 4.07.